The van der Waals surface area contributed by atoms with E-state index in [1.54, 1.807) is 0 Å². The van der Waals surface area contributed by atoms with Gasteiger partial charge in [0, 0.05) is 6.42 Å². The van der Waals surface area contributed by atoms with Crippen LogP contribution in [-0.4, -0.2) is 19.4 Å². The Hall–Kier alpha value is -0.990. The van der Waals surface area contributed by atoms with Gasteiger partial charge >= 0.3 is 7.60 Å². The van der Waals surface area contributed by atoms with Gasteiger partial charge in [-0.3, -0.25) is 9.09 Å². The van der Waals surface area contributed by atoms with Gasteiger partial charge in [-0.05, 0) is 6.42 Å². The maximum absolute atomic E-state index is 11.9. The van der Waals surface area contributed by atoms with Crippen LogP contribution in [0.15, 0.2) is 12.7 Å². The van der Waals surface area contributed by atoms with E-state index in [1.165, 1.54) is 6.08 Å². The molecule has 4 heteroatoms. The number of hydrogen-bond donors (Lipinski definition) is 0. The maximum atomic E-state index is 11.9. The monoisotopic (exact) mass is 226 g/mol. The standard InChI is InChI=1S/C11H15O3P/c1-4-7-8-10-14-15(12,11-6-3)13-9-5-2/h1-2,6H,3,7-11H2. The highest BCUT2D eigenvalue weighted by molar-refractivity contribution is 7.54. The zero-order valence-corrected chi connectivity index (χ0v) is 9.54. The highest BCUT2D eigenvalue weighted by Gasteiger charge is 2.21. The van der Waals surface area contributed by atoms with Crippen LogP contribution in [0.5, 0.6) is 0 Å². The molecule has 15 heavy (non-hydrogen) atoms. The molecule has 3 nitrogen and oxygen atoms in total. The largest absolute Gasteiger partial charge is 0.335 e. The van der Waals surface area contributed by atoms with Crippen molar-refractivity contribution in [3.8, 4) is 24.7 Å². The van der Waals surface area contributed by atoms with Gasteiger partial charge in [0.05, 0.1) is 12.8 Å². The number of rotatable bonds is 8. The van der Waals surface area contributed by atoms with Gasteiger partial charge in [-0.2, -0.15) is 0 Å². The highest BCUT2D eigenvalue weighted by atomic mass is 31.2. The molecule has 0 fully saturated rings. The molecular formula is C11H15O3P. The van der Waals surface area contributed by atoms with E-state index in [0.29, 0.717) is 19.4 Å². The molecule has 0 bridgehead atoms. The summed E-state index contributed by atoms with van der Waals surface area (Å²) in [6.45, 7) is 3.76. The molecule has 0 N–H and O–H groups in total. The van der Waals surface area contributed by atoms with Gasteiger partial charge in [-0.1, -0.05) is 12.0 Å². The van der Waals surface area contributed by atoms with Crippen LogP contribution in [0.25, 0.3) is 0 Å². The Morgan fingerprint density at radius 2 is 2.07 bits per heavy atom. The number of unbranched alkanes of at least 4 members (excludes halogenated alkanes) is 1. The molecule has 0 aromatic carbocycles. The van der Waals surface area contributed by atoms with E-state index < -0.39 is 7.60 Å². The summed E-state index contributed by atoms with van der Waals surface area (Å²) in [4.78, 5) is 0. The van der Waals surface area contributed by atoms with E-state index >= 15 is 0 Å². The molecule has 1 unspecified atom stereocenters. The summed E-state index contributed by atoms with van der Waals surface area (Å²) in [6, 6.07) is 0. The summed E-state index contributed by atoms with van der Waals surface area (Å²) < 4.78 is 22.0. The summed E-state index contributed by atoms with van der Waals surface area (Å²) in [5, 5.41) is 0. The molecule has 0 spiro atoms. The van der Waals surface area contributed by atoms with E-state index in [4.69, 9.17) is 21.9 Å². The number of terminal acetylenes is 2. The van der Waals surface area contributed by atoms with Crippen molar-refractivity contribution in [2.24, 2.45) is 0 Å². The molecule has 0 aromatic rings. The zero-order valence-electron chi connectivity index (χ0n) is 8.65. The average Bonchev–Trinajstić information content (AvgIpc) is 2.22. The zero-order chi connectivity index (χ0) is 11.6. The van der Waals surface area contributed by atoms with Crippen molar-refractivity contribution in [2.45, 2.75) is 12.8 Å². The lowest BCUT2D eigenvalue weighted by Crippen LogP contribution is -2.00. The van der Waals surface area contributed by atoms with Gasteiger partial charge in [0.25, 0.3) is 0 Å². The molecule has 0 rings (SSSR count). The van der Waals surface area contributed by atoms with E-state index in [0.717, 1.165) is 0 Å². The van der Waals surface area contributed by atoms with Crippen LogP contribution in [0, 0.1) is 24.7 Å². The second-order valence-electron chi connectivity index (χ2n) is 2.70. The summed E-state index contributed by atoms with van der Waals surface area (Å²) in [6.07, 6.45) is 13.0. The van der Waals surface area contributed by atoms with Crippen LogP contribution in [-0.2, 0) is 13.6 Å². The van der Waals surface area contributed by atoms with Gasteiger partial charge in [0.15, 0.2) is 0 Å². The van der Waals surface area contributed by atoms with Crippen molar-refractivity contribution in [1.82, 2.24) is 0 Å². The van der Waals surface area contributed by atoms with Crippen LogP contribution in [0.4, 0.5) is 0 Å². The summed E-state index contributed by atoms with van der Waals surface area (Å²) in [5.74, 6) is 4.71. The number of hydrogen-bond acceptors (Lipinski definition) is 3. The molecule has 0 saturated heterocycles. The Kier molecular flexibility index (Phi) is 7.78. The fourth-order valence-electron chi connectivity index (χ4n) is 0.814. The first-order chi connectivity index (χ1) is 7.18. The third kappa shape index (κ3) is 7.00. The molecule has 0 radical (unpaired) electrons. The van der Waals surface area contributed by atoms with Crippen molar-refractivity contribution in [1.29, 1.82) is 0 Å². The highest BCUT2D eigenvalue weighted by Crippen LogP contribution is 2.47. The SMILES string of the molecule is C#CCCCOP(=O)(CC=C)OCC#C. The molecule has 0 aromatic heterocycles. The predicted octanol–water partition coefficient (Wildman–Crippen LogP) is 2.45. The number of allylic oxidation sites excluding steroid dienone is 1. The molecular weight excluding hydrogens is 211 g/mol. The third-order valence-corrected chi connectivity index (χ3v) is 3.25. The third-order valence-electron chi connectivity index (χ3n) is 1.45. The Bertz CT molecular complexity index is 309. The molecule has 0 saturated carbocycles. The molecule has 0 amide bonds. The fraction of sp³-hybridized carbons (Fsp3) is 0.455. The Labute approximate surface area is 91.4 Å². The van der Waals surface area contributed by atoms with Crippen molar-refractivity contribution in [3.63, 3.8) is 0 Å². The topological polar surface area (TPSA) is 35.5 Å². The normalized spacial score (nSPS) is 13.5. The summed E-state index contributed by atoms with van der Waals surface area (Å²) in [5.41, 5.74) is 0. The second-order valence-corrected chi connectivity index (χ2v) is 4.80. The Morgan fingerprint density at radius 3 is 2.60 bits per heavy atom. The second kappa shape index (κ2) is 8.33. The molecule has 82 valence electrons. The van der Waals surface area contributed by atoms with Gasteiger partial charge < -0.3 is 4.52 Å². The molecule has 0 aliphatic carbocycles. The summed E-state index contributed by atoms with van der Waals surface area (Å²) >= 11 is 0. The quantitative estimate of drug-likeness (QED) is 0.276. The van der Waals surface area contributed by atoms with Crippen LogP contribution in [0.3, 0.4) is 0 Å². The van der Waals surface area contributed by atoms with E-state index in [1.807, 2.05) is 0 Å². The van der Waals surface area contributed by atoms with Gasteiger partial charge in [0.1, 0.15) is 6.61 Å². The summed E-state index contributed by atoms with van der Waals surface area (Å²) in [7, 11) is -3.11. The van der Waals surface area contributed by atoms with Crippen LogP contribution >= 0.6 is 7.60 Å². The van der Waals surface area contributed by atoms with E-state index in [9.17, 15) is 4.57 Å². The minimum atomic E-state index is -3.11. The van der Waals surface area contributed by atoms with Crippen molar-refractivity contribution in [3.05, 3.63) is 12.7 Å². The van der Waals surface area contributed by atoms with E-state index in [2.05, 4.69) is 18.4 Å². The van der Waals surface area contributed by atoms with Crippen LogP contribution in [0.2, 0.25) is 0 Å². The molecule has 0 heterocycles. The van der Waals surface area contributed by atoms with E-state index in [-0.39, 0.29) is 12.8 Å². The average molecular weight is 226 g/mol. The van der Waals surface area contributed by atoms with Crippen molar-refractivity contribution < 1.29 is 13.6 Å². The van der Waals surface area contributed by atoms with Gasteiger partial charge in [-0.15, -0.1) is 25.3 Å². The van der Waals surface area contributed by atoms with Gasteiger partial charge in [-0.25, -0.2) is 0 Å². The van der Waals surface area contributed by atoms with Crippen molar-refractivity contribution >= 4 is 7.60 Å². The molecule has 0 aliphatic heterocycles. The molecule has 0 aliphatic rings. The van der Waals surface area contributed by atoms with Gasteiger partial charge in [0.2, 0.25) is 0 Å². The lowest BCUT2D eigenvalue weighted by atomic mass is 10.3. The lowest BCUT2D eigenvalue weighted by molar-refractivity contribution is 0.222. The smallest absolute Gasteiger partial charge is 0.308 e. The Balaban J connectivity index is 4.03. The maximum Gasteiger partial charge on any atom is 0.335 e. The first-order valence-corrected chi connectivity index (χ1v) is 6.27. The van der Waals surface area contributed by atoms with Crippen LogP contribution < -0.4 is 0 Å². The van der Waals surface area contributed by atoms with Crippen molar-refractivity contribution in [2.75, 3.05) is 19.4 Å². The first kappa shape index (κ1) is 14.0. The first-order valence-electron chi connectivity index (χ1n) is 4.54. The predicted molar refractivity (Wildman–Crippen MR) is 61.5 cm³/mol. The molecule has 1 atom stereocenters. The minimum Gasteiger partial charge on any atom is -0.308 e. The fourth-order valence-corrected chi connectivity index (χ4v) is 2.09. The lowest BCUT2D eigenvalue weighted by Gasteiger charge is -2.15. The Morgan fingerprint density at radius 1 is 1.33 bits per heavy atom. The van der Waals surface area contributed by atoms with Crippen LogP contribution in [0.1, 0.15) is 12.8 Å². The minimum absolute atomic E-state index is 0.0275.